The fourth-order valence-electron chi connectivity index (χ4n) is 3.48. The minimum absolute atomic E-state index is 0.0429. The Balaban J connectivity index is 2.05. The third-order valence-corrected chi connectivity index (χ3v) is 7.47. The van der Waals surface area contributed by atoms with Gasteiger partial charge in [0.05, 0.1) is 4.92 Å². The molecule has 0 N–H and O–H groups in total. The van der Waals surface area contributed by atoms with Crippen molar-refractivity contribution < 1.29 is 26.9 Å². The molecule has 0 radical (unpaired) electrons. The predicted octanol–water partition coefficient (Wildman–Crippen LogP) is 7.43. The lowest BCUT2D eigenvalue weighted by molar-refractivity contribution is -0.388. The molecule has 0 bridgehead atoms. The Morgan fingerprint density at radius 1 is 0.882 bits per heavy atom. The fraction of sp³-hybridized carbons (Fsp3) is 0.0870. The molecule has 1 aromatic heterocycles. The van der Waals surface area contributed by atoms with Crippen LogP contribution in [0.15, 0.2) is 83.2 Å². The highest BCUT2D eigenvalue weighted by Crippen LogP contribution is 2.53. The zero-order valence-electron chi connectivity index (χ0n) is 16.9. The number of nitro benzene ring substituents is 1. The van der Waals surface area contributed by atoms with Gasteiger partial charge in [-0.1, -0.05) is 12.1 Å². The quantitative estimate of drug-likeness (QED) is 0.118. The van der Waals surface area contributed by atoms with Crippen molar-refractivity contribution in [1.29, 1.82) is 0 Å². The van der Waals surface area contributed by atoms with E-state index in [9.17, 15) is 32.1 Å². The van der Waals surface area contributed by atoms with Crippen LogP contribution in [0.1, 0.15) is 21.7 Å². The number of alkyl halides is 3. The Bertz CT molecular complexity index is 1310. The molecular weight excluding hydrogens is 495 g/mol. The van der Waals surface area contributed by atoms with Crippen molar-refractivity contribution in [2.24, 2.45) is 0 Å². The molecule has 34 heavy (non-hydrogen) atoms. The van der Waals surface area contributed by atoms with Crippen molar-refractivity contribution in [3.05, 3.63) is 122 Å². The summed E-state index contributed by atoms with van der Waals surface area (Å²) in [5, 5.41) is 13.3. The molecular formula is C23H13F5N2O2S2. The first-order valence-electron chi connectivity index (χ1n) is 9.58. The largest absolute Gasteiger partial charge is 0.423 e. The highest BCUT2D eigenvalue weighted by atomic mass is 32.2. The van der Waals surface area contributed by atoms with Crippen LogP contribution in [0.2, 0.25) is 0 Å². The number of rotatable bonds is 6. The monoisotopic (exact) mass is 508 g/mol. The number of hydrogen-bond donors (Lipinski definition) is 0. The van der Waals surface area contributed by atoms with E-state index < -0.39 is 38.7 Å². The number of aromatic nitrogens is 1. The molecule has 4 nitrogen and oxygen atoms in total. The van der Waals surface area contributed by atoms with Gasteiger partial charge in [-0.15, -0.1) is 23.1 Å². The third-order valence-electron chi connectivity index (χ3n) is 4.97. The fourth-order valence-corrected chi connectivity index (χ4v) is 5.79. The van der Waals surface area contributed by atoms with Crippen LogP contribution in [0.4, 0.5) is 27.6 Å². The van der Waals surface area contributed by atoms with Crippen molar-refractivity contribution in [3.8, 4) is 0 Å². The smallest absolute Gasteiger partial charge is 0.258 e. The highest BCUT2D eigenvalue weighted by Gasteiger charge is 2.44. The van der Waals surface area contributed by atoms with E-state index in [1.807, 2.05) is 0 Å². The van der Waals surface area contributed by atoms with Gasteiger partial charge in [0.2, 0.25) is 0 Å². The molecule has 0 aliphatic carbocycles. The van der Waals surface area contributed by atoms with Crippen LogP contribution in [0.3, 0.4) is 0 Å². The molecule has 0 aliphatic rings. The summed E-state index contributed by atoms with van der Waals surface area (Å²) in [6, 6.07) is 13.3. The van der Waals surface area contributed by atoms with Gasteiger partial charge in [-0.05, 0) is 59.7 Å². The molecule has 0 amide bonds. The second kappa shape index (κ2) is 9.15. The molecule has 1 unspecified atom stereocenters. The van der Waals surface area contributed by atoms with Crippen LogP contribution >= 0.6 is 23.1 Å². The molecule has 1 heterocycles. The van der Waals surface area contributed by atoms with Gasteiger partial charge in [0.25, 0.3) is 5.69 Å². The van der Waals surface area contributed by atoms with Crippen molar-refractivity contribution >= 4 is 28.8 Å². The molecule has 4 rings (SSSR count). The van der Waals surface area contributed by atoms with Gasteiger partial charge >= 0.3 is 6.18 Å². The zero-order valence-corrected chi connectivity index (χ0v) is 18.6. The van der Waals surface area contributed by atoms with Crippen molar-refractivity contribution in [2.45, 2.75) is 15.8 Å². The third kappa shape index (κ3) is 4.53. The normalized spacial score (nSPS) is 13.4. The van der Waals surface area contributed by atoms with Crippen LogP contribution < -0.4 is 0 Å². The van der Waals surface area contributed by atoms with E-state index in [0.717, 1.165) is 35.2 Å². The van der Waals surface area contributed by atoms with Gasteiger partial charge in [-0.3, -0.25) is 10.1 Å². The summed E-state index contributed by atoms with van der Waals surface area (Å²) in [7, 11) is 0. The second-order valence-electron chi connectivity index (χ2n) is 7.07. The van der Waals surface area contributed by atoms with Crippen molar-refractivity contribution in [1.82, 2.24) is 4.98 Å². The molecule has 0 saturated carbocycles. The number of halogens is 5. The molecule has 11 heteroatoms. The van der Waals surface area contributed by atoms with Crippen LogP contribution in [0.5, 0.6) is 0 Å². The van der Waals surface area contributed by atoms with E-state index in [-0.39, 0.29) is 5.56 Å². The number of thioether (sulfide) groups is 1. The van der Waals surface area contributed by atoms with E-state index in [1.165, 1.54) is 60.8 Å². The van der Waals surface area contributed by atoms with E-state index in [4.69, 9.17) is 0 Å². The molecule has 3 aromatic carbocycles. The van der Waals surface area contributed by atoms with Crippen LogP contribution in [0, 0.1) is 21.7 Å². The lowest BCUT2D eigenvalue weighted by atomic mass is 9.89. The van der Waals surface area contributed by atoms with Gasteiger partial charge in [-0.25, -0.2) is 13.8 Å². The van der Waals surface area contributed by atoms with Gasteiger partial charge < -0.3 is 0 Å². The lowest BCUT2D eigenvalue weighted by Crippen LogP contribution is -2.26. The van der Waals surface area contributed by atoms with E-state index in [2.05, 4.69) is 4.98 Å². The summed E-state index contributed by atoms with van der Waals surface area (Å²) in [6.07, 6.45) is -3.53. The maximum Gasteiger partial charge on any atom is 0.423 e. The van der Waals surface area contributed by atoms with Crippen LogP contribution in [-0.4, -0.2) is 9.91 Å². The molecule has 0 fully saturated rings. The number of thiazole rings is 1. The average Bonchev–Trinajstić information content (AvgIpc) is 3.34. The zero-order chi connectivity index (χ0) is 24.5. The Morgan fingerprint density at radius 2 is 1.47 bits per heavy atom. The molecule has 0 spiro atoms. The van der Waals surface area contributed by atoms with Crippen molar-refractivity contribution in [3.63, 3.8) is 0 Å². The summed E-state index contributed by atoms with van der Waals surface area (Å²) in [5.41, 5.74) is -2.07. The topological polar surface area (TPSA) is 56.0 Å². The number of nitro groups is 1. The lowest BCUT2D eigenvalue weighted by Gasteiger charge is -2.33. The molecule has 0 saturated heterocycles. The molecule has 4 aromatic rings. The number of nitrogens with zero attached hydrogens (tertiary/aromatic N) is 2. The SMILES string of the molecule is O=[N+]([O-])c1ccc(C(Sc2ccc(F)cc2)(c2ccc(F)cc2)c2nccs2)cc1C(F)(F)F. The van der Waals surface area contributed by atoms with E-state index in [1.54, 1.807) is 5.38 Å². The van der Waals surface area contributed by atoms with Gasteiger partial charge in [0.15, 0.2) is 0 Å². The Hall–Kier alpha value is -3.31. The summed E-state index contributed by atoms with van der Waals surface area (Å²) in [6.45, 7) is 0. The Morgan fingerprint density at radius 3 is 2.00 bits per heavy atom. The minimum Gasteiger partial charge on any atom is -0.258 e. The molecule has 1 atom stereocenters. The number of hydrogen-bond acceptors (Lipinski definition) is 5. The maximum absolute atomic E-state index is 13.8. The number of benzene rings is 3. The summed E-state index contributed by atoms with van der Waals surface area (Å²) >= 11 is 2.22. The van der Waals surface area contributed by atoms with Crippen LogP contribution in [-0.2, 0) is 10.9 Å². The Kier molecular flexibility index (Phi) is 6.41. The first-order valence-corrected chi connectivity index (χ1v) is 11.3. The van der Waals surface area contributed by atoms with E-state index in [0.29, 0.717) is 15.5 Å². The summed E-state index contributed by atoms with van der Waals surface area (Å²) < 4.78 is 67.3. The summed E-state index contributed by atoms with van der Waals surface area (Å²) in [4.78, 5) is 15.0. The van der Waals surface area contributed by atoms with Gasteiger partial charge in [0.1, 0.15) is 27.0 Å². The maximum atomic E-state index is 13.8. The standard InChI is InChI=1S/C23H13F5N2O2S2/c24-16-4-1-14(2-5-16)22(21-29-11-12-33-21,34-18-8-6-17(25)7-9-18)15-3-10-20(30(31)32)19(13-15)23(26,27)28/h1-13H. The molecule has 174 valence electrons. The Labute approximate surface area is 198 Å². The average molecular weight is 508 g/mol. The highest BCUT2D eigenvalue weighted by molar-refractivity contribution is 8.00. The van der Waals surface area contributed by atoms with Gasteiger partial charge in [-0.2, -0.15) is 13.2 Å². The minimum atomic E-state index is -5.00. The van der Waals surface area contributed by atoms with Gasteiger partial charge in [0, 0.05) is 22.5 Å². The second-order valence-corrected chi connectivity index (χ2v) is 9.25. The molecule has 0 aliphatic heterocycles. The predicted molar refractivity (Wildman–Crippen MR) is 119 cm³/mol. The summed E-state index contributed by atoms with van der Waals surface area (Å²) in [5.74, 6) is -1.05. The van der Waals surface area contributed by atoms with Crippen molar-refractivity contribution in [2.75, 3.05) is 0 Å². The van der Waals surface area contributed by atoms with E-state index >= 15 is 0 Å². The van der Waals surface area contributed by atoms with Crippen LogP contribution in [0.25, 0.3) is 0 Å². The first kappa shape index (κ1) is 23.8. The first-order chi connectivity index (χ1) is 16.1.